The van der Waals surface area contributed by atoms with E-state index in [4.69, 9.17) is 14.2 Å². The number of ether oxygens (including phenoxy) is 3. The Labute approximate surface area is 97.8 Å². The summed E-state index contributed by atoms with van der Waals surface area (Å²) in [5.74, 6) is 0.730. The zero-order valence-corrected chi connectivity index (χ0v) is 9.90. The van der Waals surface area contributed by atoms with Crippen LogP contribution in [0.3, 0.4) is 0 Å². The lowest BCUT2D eigenvalue weighted by atomic mass is 9.90. The summed E-state index contributed by atoms with van der Waals surface area (Å²) in [6.07, 6.45) is 8.52. The van der Waals surface area contributed by atoms with Crippen LogP contribution in [0, 0.1) is 5.92 Å². The molecule has 1 saturated carbocycles. The van der Waals surface area contributed by atoms with Crippen molar-refractivity contribution in [3.8, 4) is 0 Å². The van der Waals surface area contributed by atoms with E-state index in [2.05, 4.69) is 6.58 Å². The number of fused-ring (bicyclic) bond motifs is 1. The quantitative estimate of drug-likeness (QED) is 0.362. The summed E-state index contributed by atoms with van der Waals surface area (Å²) < 4.78 is 16.2. The van der Waals surface area contributed by atoms with Crippen molar-refractivity contribution in [2.75, 3.05) is 19.8 Å². The average Bonchev–Trinajstić information content (AvgIpc) is 3.06. The first-order chi connectivity index (χ1) is 7.90. The highest BCUT2D eigenvalue weighted by Gasteiger charge is 2.43. The molecule has 2 rings (SSSR count). The van der Waals surface area contributed by atoms with Gasteiger partial charge >= 0.3 is 0 Å². The van der Waals surface area contributed by atoms with E-state index in [0.717, 1.165) is 38.6 Å². The molecule has 2 aliphatic rings. The van der Waals surface area contributed by atoms with Crippen LogP contribution >= 0.6 is 0 Å². The SMILES string of the molecule is C=COCCCCOCC1CCC2OC2C1. The predicted molar refractivity (Wildman–Crippen MR) is 62.2 cm³/mol. The Bertz CT molecular complexity index is 217. The lowest BCUT2D eigenvalue weighted by Gasteiger charge is -2.18. The van der Waals surface area contributed by atoms with Crippen LogP contribution in [0.15, 0.2) is 12.8 Å². The fourth-order valence-corrected chi connectivity index (χ4v) is 2.36. The largest absolute Gasteiger partial charge is 0.502 e. The minimum absolute atomic E-state index is 0.573. The van der Waals surface area contributed by atoms with Crippen LogP contribution < -0.4 is 0 Å². The van der Waals surface area contributed by atoms with Gasteiger partial charge in [0.2, 0.25) is 0 Å². The molecule has 1 aliphatic heterocycles. The molecule has 1 aliphatic carbocycles. The van der Waals surface area contributed by atoms with Gasteiger partial charge in [-0.25, -0.2) is 0 Å². The lowest BCUT2D eigenvalue weighted by Crippen LogP contribution is -2.18. The molecule has 1 saturated heterocycles. The number of epoxide rings is 1. The normalized spacial score (nSPS) is 31.9. The Balaban J connectivity index is 1.41. The topological polar surface area (TPSA) is 31.0 Å². The molecule has 3 unspecified atom stereocenters. The molecule has 0 spiro atoms. The van der Waals surface area contributed by atoms with Gasteiger partial charge in [0.05, 0.1) is 25.1 Å². The van der Waals surface area contributed by atoms with Crippen LogP contribution in [0.5, 0.6) is 0 Å². The third kappa shape index (κ3) is 3.80. The Morgan fingerprint density at radius 3 is 2.88 bits per heavy atom. The van der Waals surface area contributed by atoms with Gasteiger partial charge in [0.1, 0.15) is 0 Å². The predicted octanol–water partition coefficient (Wildman–Crippen LogP) is 2.51. The van der Waals surface area contributed by atoms with Crippen molar-refractivity contribution in [1.29, 1.82) is 0 Å². The molecule has 16 heavy (non-hydrogen) atoms. The van der Waals surface area contributed by atoms with E-state index >= 15 is 0 Å². The fraction of sp³-hybridized carbons (Fsp3) is 0.846. The second-order valence-corrected chi connectivity index (χ2v) is 4.71. The highest BCUT2D eigenvalue weighted by molar-refractivity contribution is 4.91. The van der Waals surface area contributed by atoms with Gasteiger partial charge in [0, 0.05) is 13.2 Å². The summed E-state index contributed by atoms with van der Waals surface area (Å²) in [5.41, 5.74) is 0. The average molecular weight is 226 g/mol. The van der Waals surface area contributed by atoms with E-state index in [1.165, 1.54) is 25.5 Å². The van der Waals surface area contributed by atoms with E-state index in [1.54, 1.807) is 0 Å². The molecule has 3 nitrogen and oxygen atoms in total. The van der Waals surface area contributed by atoms with Crippen LogP contribution in [0.25, 0.3) is 0 Å². The van der Waals surface area contributed by atoms with Crippen molar-refractivity contribution in [2.45, 2.75) is 44.3 Å². The van der Waals surface area contributed by atoms with Crippen molar-refractivity contribution < 1.29 is 14.2 Å². The molecule has 0 radical (unpaired) electrons. The molecule has 0 amide bonds. The van der Waals surface area contributed by atoms with Crippen molar-refractivity contribution in [3.63, 3.8) is 0 Å². The molecule has 0 aromatic rings. The maximum atomic E-state index is 5.68. The first-order valence-corrected chi connectivity index (χ1v) is 6.36. The van der Waals surface area contributed by atoms with Gasteiger partial charge in [-0.2, -0.15) is 0 Å². The standard InChI is InChI=1S/C13H22O3/c1-2-14-7-3-4-8-15-10-11-5-6-12-13(9-11)16-12/h2,11-13H,1,3-10H2. The van der Waals surface area contributed by atoms with Crippen LogP contribution in [-0.2, 0) is 14.2 Å². The van der Waals surface area contributed by atoms with E-state index < -0.39 is 0 Å². The van der Waals surface area contributed by atoms with Gasteiger partial charge in [-0.05, 0) is 38.0 Å². The molecule has 0 aromatic heterocycles. The van der Waals surface area contributed by atoms with Gasteiger partial charge in [-0.1, -0.05) is 6.58 Å². The lowest BCUT2D eigenvalue weighted by molar-refractivity contribution is 0.0821. The van der Waals surface area contributed by atoms with E-state index in [0.29, 0.717) is 12.2 Å². The van der Waals surface area contributed by atoms with Gasteiger partial charge in [-0.3, -0.25) is 0 Å². The Kier molecular flexibility index (Phi) is 4.67. The second-order valence-electron chi connectivity index (χ2n) is 4.71. The second kappa shape index (κ2) is 6.26. The van der Waals surface area contributed by atoms with E-state index in [1.807, 2.05) is 0 Å². The number of rotatable bonds is 8. The molecule has 2 fully saturated rings. The summed E-state index contributed by atoms with van der Waals surface area (Å²) >= 11 is 0. The zero-order chi connectivity index (χ0) is 11.2. The zero-order valence-electron chi connectivity index (χ0n) is 9.90. The summed E-state index contributed by atoms with van der Waals surface area (Å²) in [7, 11) is 0. The summed E-state index contributed by atoms with van der Waals surface area (Å²) in [5, 5.41) is 0. The van der Waals surface area contributed by atoms with Gasteiger partial charge in [0.15, 0.2) is 0 Å². The summed E-state index contributed by atoms with van der Waals surface area (Å²) in [6, 6.07) is 0. The smallest absolute Gasteiger partial charge is 0.0873 e. The molecule has 0 aromatic carbocycles. The highest BCUT2D eigenvalue weighted by Crippen LogP contribution is 2.39. The van der Waals surface area contributed by atoms with Gasteiger partial charge in [0.25, 0.3) is 0 Å². The van der Waals surface area contributed by atoms with Crippen molar-refractivity contribution in [3.05, 3.63) is 12.8 Å². The fourth-order valence-electron chi connectivity index (χ4n) is 2.36. The van der Waals surface area contributed by atoms with Crippen LogP contribution in [0.4, 0.5) is 0 Å². The summed E-state index contributed by atoms with van der Waals surface area (Å²) in [4.78, 5) is 0. The number of hydrogen-bond acceptors (Lipinski definition) is 3. The maximum Gasteiger partial charge on any atom is 0.0873 e. The first kappa shape index (κ1) is 11.9. The molecule has 92 valence electrons. The summed E-state index contributed by atoms with van der Waals surface area (Å²) in [6.45, 7) is 6.02. The van der Waals surface area contributed by atoms with Crippen LogP contribution in [0.1, 0.15) is 32.1 Å². The molecule has 3 heteroatoms. The minimum atomic E-state index is 0.573. The monoisotopic (exact) mass is 226 g/mol. The van der Waals surface area contributed by atoms with Crippen LogP contribution in [-0.4, -0.2) is 32.0 Å². The molecule has 1 heterocycles. The minimum Gasteiger partial charge on any atom is -0.502 e. The Morgan fingerprint density at radius 1 is 1.19 bits per heavy atom. The molecular weight excluding hydrogens is 204 g/mol. The Hall–Kier alpha value is -0.540. The van der Waals surface area contributed by atoms with Crippen LogP contribution in [0.2, 0.25) is 0 Å². The Morgan fingerprint density at radius 2 is 2.06 bits per heavy atom. The first-order valence-electron chi connectivity index (χ1n) is 6.36. The van der Waals surface area contributed by atoms with E-state index in [9.17, 15) is 0 Å². The maximum absolute atomic E-state index is 5.68. The third-order valence-corrected chi connectivity index (χ3v) is 3.38. The van der Waals surface area contributed by atoms with Crippen molar-refractivity contribution >= 4 is 0 Å². The molecule has 3 atom stereocenters. The van der Waals surface area contributed by atoms with E-state index in [-0.39, 0.29) is 0 Å². The highest BCUT2D eigenvalue weighted by atomic mass is 16.6. The molecule has 0 N–H and O–H groups in total. The molecular formula is C13H22O3. The molecule has 0 bridgehead atoms. The van der Waals surface area contributed by atoms with Gasteiger partial charge in [-0.15, -0.1) is 0 Å². The third-order valence-electron chi connectivity index (χ3n) is 3.38. The van der Waals surface area contributed by atoms with Crippen molar-refractivity contribution in [1.82, 2.24) is 0 Å². The number of unbranched alkanes of at least 4 members (excludes halogenated alkanes) is 1. The van der Waals surface area contributed by atoms with Crippen molar-refractivity contribution in [2.24, 2.45) is 5.92 Å². The van der Waals surface area contributed by atoms with Gasteiger partial charge < -0.3 is 14.2 Å². The number of hydrogen-bond donors (Lipinski definition) is 0.